The van der Waals surface area contributed by atoms with E-state index in [2.05, 4.69) is 5.32 Å². The highest BCUT2D eigenvalue weighted by Crippen LogP contribution is 2.25. The summed E-state index contributed by atoms with van der Waals surface area (Å²) in [6, 6.07) is 12.0. The Labute approximate surface area is 123 Å². The Morgan fingerprint density at radius 1 is 1.19 bits per heavy atom. The number of benzene rings is 2. The van der Waals surface area contributed by atoms with E-state index in [0.717, 1.165) is 12.0 Å². The number of aliphatic hydroxyl groups is 1. The molecule has 0 fully saturated rings. The molecule has 2 aromatic carbocycles. The Kier molecular flexibility index (Phi) is 4.79. The van der Waals surface area contributed by atoms with Crippen molar-refractivity contribution in [1.29, 1.82) is 0 Å². The minimum Gasteiger partial charge on any atom is -0.505 e. The van der Waals surface area contributed by atoms with Gasteiger partial charge < -0.3 is 21.3 Å². The van der Waals surface area contributed by atoms with Crippen molar-refractivity contribution >= 4 is 17.3 Å². The second kappa shape index (κ2) is 6.76. The van der Waals surface area contributed by atoms with Crippen LogP contribution in [0, 0.1) is 0 Å². The van der Waals surface area contributed by atoms with Gasteiger partial charge in [0.2, 0.25) is 0 Å². The van der Waals surface area contributed by atoms with E-state index in [9.17, 15) is 9.90 Å². The summed E-state index contributed by atoms with van der Waals surface area (Å²) in [5.41, 5.74) is 7.54. The summed E-state index contributed by atoms with van der Waals surface area (Å²) >= 11 is 0. The fourth-order valence-electron chi connectivity index (χ4n) is 2.03. The third kappa shape index (κ3) is 3.73. The summed E-state index contributed by atoms with van der Waals surface area (Å²) in [4.78, 5) is 12.1. The first-order valence-electron chi connectivity index (χ1n) is 6.70. The number of carbonyl (C=O) groups excluding carboxylic acids is 1. The van der Waals surface area contributed by atoms with Crippen LogP contribution < -0.4 is 11.1 Å². The number of nitrogen functional groups attached to an aromatic ring is 1. The average molecular weight is 286 g/mol. The minimum atomic E-state index is -0.417. The molecule has 0 aliphatic rings. The van der Waals surface area contributed by atoms with E-state index in [1.807, 2.05) is 18.2 Å². The van der Waals surface area contributed by atoms with Crippen LogP contribution in [0.1, 0.15) is 22.3 Å². The Bertz CT molecular complexity index is 641. The summed E-state index contributed by atoms with van der Waals surface area (Å²) in [7, 11) is 0. The largest absolute Gasteiger partial charge is 0.505 e. The molecule has 110 valence electrons. The van der Waals surface area contributed by atoms with E-state index in [1.54, 1.807) is 12.1 Å². The standard InChI is InChI=1S/C16H18N2O3/c17-14-8-2-7-13(15(14)20)16(21)18-12-6-1-4-11(10-12)5-3-9-19/h1-2,4,6-8,10,19-20H,3,5,9,17H2,(H,18,21). The van der Waals surface area contributed by atoms with Gasteiger partial charge in [-0.15, -0.1) is 0 Å². The topological polar surface area (TPSA) is 95.6 Å². The van der Waals surface area contributed by atoms with Crippen molar-refractivity contribution in [2.24, 2.45) is 0 Å². The number of aromatic hydroxyl groups is 1. The van der Waals surface area contributed by atoms with E-state index >= 15 is 0 Å². The predicted molar refractivity (Wildman–Crippen MR) is 82.3 cm³/mol. The first kappa shape index (κ1) is 14.9. The molecule has 5 heteroatoms. The molecule has 2 rings (SSSR count). The molecule has 2 aromatic rings. The Hall–Kier alpha value is -2.53. The second-order valence-electron chi connectivity index (χ2n) is 4.73. The molecule has 0 saturated heterocycles. The molecule has 0 unspecified atom stereocenters. The number of amides is 1. The van der Waals surface area contributed by atoms with Gasteiger partial charge in [-0.2, -0.15) is 0 Å². The molecule has 0 atom stereocenters. The highest BCUT2D eigenvalue weighted by molar-refractivity contribution is 6.07. The van der Waals surface area contributed by atoms with E-state index in [-0.39, 0.29) is 23.6 Å². The third-order valence-electron chi connectivity index (χ3n) is 3.12. The normalized spacial score (nSPS) is 10.3. The summed E-state index contributed by atoms with van der Waals surface area (Å²) in [5, 5.41) is 21.4. The van der Waals surface area contributed by atoms with Crippen molar-refractivity contribution in [2.75, 3.05) is 17.7 Å². The summed E-state index contributed by atoms with van der Waals surface area (Å²) in [6.07, 6.45) is 1.41. The van der Waals surface area contributed by atoms with Crippen molar-refractivity contribution in [3.05, 3.63) is 53.6 Å². The lowest BCUT2D eigenvalue weighted by Crippen LogP contribution is -2.12. The first-order chi connectivity index (χ1) is 10.1. The first-order valence-corrected chi connectivity index (χ1v) is 6.70. The quantitative estimate of drug-likeness (QED) is 0.500. The molecular formula is C16H18N2O3. The van der Waals surface area contributed by atoms with Crippen molar-refractivity contribution in [1.82, 2.24) is 0 Å². The van der Waals surface area contributed by atoms with E-state index in [4.69, 9.17) is 10.8 Å². The van der Waals surface area contributed by atoms with Crippen molar-refractivity contribution in [3.8, 4) is 5.75 Å². The minimum absolute atomic E-state index is 0.133. The van der Waals surface area contributed by atoms with Crippen LogP contribution in [-0.2, 0) is 6.42 Å². The van der Waals surface area contributed by atoms with Crippen molar-refractivity contribution in [3.63, 3.8) is 0 Å². The molecule has 21 heavy (non-hydrogen) atoms. The zero-order valence-electron chi connectivity index (χ0n) is 11.5. The number of anilines is 2. The lowest BCUT2D eigenvalue weighted by molar-refractivity contribution is 0.102. The van der Waals surface area contributed by atoms with Gasteiger partial charge in [-0.3, -0.25) is 4.79 Å². The molecule has 0 bridgehead atoms. The molecule has 0 radical (unpaired) electrons. The maximum absolute atomic E-state index is 12.1. The molecule has 0 aromatic heterocycles. The highest BCUT2D eigenvalue weighted by atomic mass is 16.3. The Morgan fingerprint density at radius 3 is 2.71 bits per heavy atom. The van der Waals surface area contributed by atoms with Gasteiger partial charge in [0.15, 0.2) is 5.75 Å². The zero-order chi connectivity index (χ0) is 15.2. The van der Waals surface area contributed by atoms with Crippen LogP contribution in [0.15, 0.2) is 42.5 Å². The SMILES string of the molecule is Nc1cccc(C(=O)Nc2cccc(CCCO)c2)c1O. The molecule has 0 saturated carbocycles. The van der Waals surface area contributed by atoms with Gasteiger partial charge in [-0.25, -0.2) is 0 Å². The zero-order valence-corrected chi connectivity index (χ0v) is 11.5. The molecule has 5 N–H and O–H groups in total. The summed E-state index contributed by atoms with van der Waals surface area (Å²) < 4.78 is 0. The number of nitrogens with two attached hydrogens (primary N) is 1. The molecular weight excluding hydrogens is 268 g/mol. The lowest BCUT2D eigenvalue weighted by Gasteiger charge is -2.09. The Morgan fingerprint density at radius 2 is 1.95 bits per heavy atom. The number of hydrogen-bond donors (Lipinski definition) is 4. The molecule has 0 heterocycles. The average Bonchev–Trinajstić information content (AvgIpc) is 2.48. The number of aryl methyl sites for hydroxylation is 1. The van der Waals surface area contributed by atoms with Gasteiger partial charge in [0.1, 0.15) is 0 Å². The van der Waals surface area contributed by atoms with Gasteiger partial charge in [0.25, 0.3) is 5.91 Å². The van der Waals surface area contributed by atoms with Crippen LogP contribution >= 0.6 is 0 Å². The third-order valence-corrected chi connectivity index (χ3v) is 3.12. The van der Waals surface area contributed by atoms with Crippen LogP contribution in [0.3, 0.4) is 0 Å². The molecule has 0 spiro atoms. The van der Waals surface area contributed by atoms with Gasteiger partial charge in [-0.1, -0.05) is 18.2 Å². The van der Waals surface area contributed by atoms with E-state index < -0.39 is 5.91 Å². The van der Waals surface area contributed by atoms with Gasteiger partial charge >= 0.3 is 0 Å². The summed E-state index contributed by atoms with van der Waals surface area (Å²) in [5.74, 6) is -0.634. The van der Waals surface area contributed by atoms with Crippen molar-refractivity contribution < 1.29 is 15.0 Å². The number of phenols is 1. The number of rotatable bonds is 5. The number of hydrogen-bond acceptors (Lipinski definition) is 4. The molecule has 0 aliphatic heterocycles. The van der Waals surface area contributed by atoms with Crippen LogP contribution in [0.2, 0.25) is 0 Å². The molecule has 0 aliphatic carbocycles. The molecule has 5 nitrogen and oxygen atoms in total. The fourth-order valence-corrected chi connectivity index (χ4v) is 2.03. The van der Waals surface area contributed by atoms with E-state index in [0.29, 0.717) is 12.1 Å². The maximum Gasteiger partial charge on any atom is 0.259 e. The fraction of sp³-hybridized carbons (Fsp3) is 0.188. The number of carbonyl (C=O) groups is 1. The molecule has 1 amide bonds. The smallest absolute Gasteiger partial charge is 0.259 e. The lowest BCUT2D eigenvalue weighted by atomic mass is 10.1. The van der Waals surface area contributed by atoms with Gasteiger partial charge in [-0.05, 0) is 42.7 Å². The van der Waals surface area contributed by atoms with E-state index in [1.165, 1.54) is 12.1 Å². The van der Waals surface area contributed by atoms with Crippen LogP contribution in [0.5, 0.6) is 5.75 Å². The monoisotopic (exact) mass is 286 g/mol. The number of nitrogens with one attached hydrogen (secondary N) is 1. The Balaban J connectivity index is 2.14. The number of aliphatic hydroxyl groups excluding tert-OH is 1. The number of para-hydroxylation sites is 1. The van der Waals surface area contributed by atoms with Gasteiger partial charge in [0, 0.05) is 12.3 Å². The van der Waals surface area contributed by atoms with Crippen LogP contribution in [0.4, 0.5) is 11.4 Å². The van der Waals surface area contributed by atoms with Crippen LogP contribution in [0.25, 0.3) is 0 Å². The second-order valence-corrected chi connectivity index (χ2v) is 4.73. The van der Waals surface area contributed by atoms with Gasteiger partial charge in [0.05, 0.1) is 11.3 Å². The maximum atomic E-state index is 12.1. The van der Waals surface area contributed by atoms with Crippen molar-refractivity contribution in [2.45, 2.75) is 12.8 Å². The predicted octanol–water partition coefficient (Wildman–Crippen LogP) is 2.15. The summed E-state index contributed by atoms with van der Waals surface area (Å²) in [6.45, 7) is 0.133. The highest BCUT2D eigenvalue weighted by Gasteiger charge is 2.13. The van der Waals surface area contributed by atoms with Crippen LogP contribution in [-0.4, -0.2) is 22.7 Å². The number of phenolic OH excluding ortho intramolecular Hbond substituents is 1.